The van der Waals surface area contributed by atoms with Crippen molar-refractivity contribution in [2.45, 2.75) is 26.1 Å². The maximum Gasteiger partial charge on any atom is 0.416 e. The van der Waals surface area contributed by atoms with Crippen LogP contribution >= 0.6 is 0 Å². The predicted octanol–water partition coefficient (Wildman–Crippen LogP) is 4.87. The third-order valence-corrected chi connectivity index (χ3v) is 3.23. The first kappa shape index (κ1) is 15.6. The summed E-state index contributed by atoms with van der Waals surface area (Å²) in [5, 5.41) is 3.31. The van der Waals surface area contributed by atoms with Gasteiger partial charge in [-0.05, 0) is 47.9 Å². The van der Waals surface area contributed by atoms with Crippen LogP contribution < -0.4 is 5.32 Å². The van der Waals surface area contributed by atoms with Crippen molar-refractivity contribution in [2.75, 3.05) is 6.54 Å². The second-order valence-corrected chi connectivity index (χ2v) is 4.95. The molecule has 0 aromatic heterocycles. The Balaban J connectivity index is 2.16. The Morgan fingerprint density at radius 2 is 1.67 bits per heavy atom. The Labute approximate surface area is 122 Å². The molecule has 0 aliphatic carbocycles. The first-order valence-electron chi connectivity index (χ1n) is 6.98. The highest BCUT2D eigenvalue weighted by Crippen LogP contribution is 2.31. The van der Waals surface area contributed by atoms with Gasteiger partial charge in [0.15, 0.2) is 0 Å². The molecule has 0 bridgehead atoms. The van der Waals surface area contributed by atoms with E-state index in [0.29, 0.717) is 0 Å². The molecule has 112 valence electrons. The Morgan fingerprint density at radius 3 is 2.29 bits per heavy atom. The minimum atomic E-state index is -4.29. The smallest absolute Gasteiger partial charge is 0.313 e. The molecule has 0 amide bonds. The lowest BCUT2D eigenvalue weighted by Gasteiger charge is -2.09. The summed E-state index contributed by atoms with van der Waals surface area (Å²) in [5.74, 6) is 0. The minimum Gasteiger partial charge on any atom is -0.313 e. The number of benzene rings is 2. The summed E-state index contributed by atoms with van der Waals surface area (Å²) in [7, 11) is 0. The molecule has 21 heavy (non-hydrogen) atoms. The number of alkyl halides is 3. The van der Waals surface area contributed by atoms with Gasteiger partial charge in [-0.25, -0.2) is 0 Å². The summed E-state index contributed by atoms with van der Waals surface area (Å²) in [5.41, 5.74) is 2.23. The zero-order valence-corrected chi connectivity index (χ0v) is 11.9. The maximum atomic E-state index is 12.6. The van der Waals surface area contributed by atoms with Crippen LogP contribution in [0.1, 0.15) is 24.5 Å². The van der Waals surface area contributed by atoms with Gasteiger partial charge in [0.2, 0.25) is 0 Å². The number of hydrogen-bond donors (Lipinski definition) is 1. The number of halogens is 3. The molecule has 0 aliphatic heterocycles. The van der Waals surface area contributed by atoms with Gasteiger partial charge in [0.1, 0.15) is 0 Å². The monoisotopic (exact) mass is 293 g/mol. The van der Waals surface area contributed by atoms with Gasteiger partial charge in [0.25, 0.3) is 0 Å². The molecule has 0 saturated carbocycles. The van der Waals surface area contributed by atoms with Gasteiger partial charge >= 0.3 is 6.18 Å². The Bertz CT molecular complexity index is 573. The van der Waals surface area contributed by atoms with E-state index in [0.717, 1.165) is 48.3 Å². The molecule has 2 aromatic carbocycles. The molecule has 2 rings (SSSR count). The van der Waals surface area contributed by atoms with Crippen LogP contribution in [0.2, 0.25) is 0 Å². The quantitative estimate of drug-likeness (QED) is 0.775. The predicted molar refractivity (Wildman–Crippen MR) is 78.9 cm³/mol. The van der Waals surface area contributed by atoms with Gasteiger partial charge < -0.3 is 5.32 Å². The standard InChI is InChI=1S/C17H18F3N/c1-2-10-21-12-13-4-3-5-15(11-13)14-6-8-16(9-7-14)17(18,19)20/h3-9,11,21H,2,10,12H2,1H3. The molecule has 0 fully saturated rings. The Hall–Kier alpha value is -1.81. The highest BCUT2D eigenvalue weighted by Gasteiger charge is 2.29. The minimum absolute atomic E-state index is 0.619. The Morgan fingerprint density at radius 1 is 0.952 bits per heavy atom. The first-order valence-corrected chi connectivity index (χ1v) is 6.98. The SMILES string of the molecule is CCCNCc1cccc(-c2ccc(C(F)(F)F)cc2)c1. The van der Waals surface area contributed by atoms with Crippen LogP contribution in [0.25, 0.3) is 11.1 Å². The molecule has 1 N–H and O–H groups in total. The summed E-state index contributed by atoms with van der Waals surface area (Å²) < 4.78 is 37.7. The number of nitrogens with one attached hydrogen (secondary N) is 1. The van der Waals surface area contributed by atoms with Crippen molar-refractivity contribution < 1.29 is 13.2 Å². The molecule has 0 saturated heterocycles. The van der Waals surface area contributed by atoms with E-state index in [1.807, 2.05) is 24.3 Å². The lowest BCUT2D eigenvalue weighted by atomic mass is 10.0. The highest BCUT2D eigenvalue weighted by molar-refractivity contribution is 5.64. The van der Waals surface area contributed by atoms with Crippen molar-refractivity contribution in [1.82, 2.24) is 5.32 Å². The second kappa shape index (κ2) is 6.76. The van der Waals surface area contributed by atoms with Crippen molar-refractivity contribution in [2.24, 2.45) is 0 Å². The van der Waals surface area contributed by atoms with E-state index >= 15 is 0 Å². The van der Waals surface area contributed by atoms with Gasteiger partial charge in [-0.3, -0.25) is 0 Å². The van der Waals surface area contributed by atoms with E-state index < -0.39 is 11.7 Å². The van der Waals surface area contributed by atoms with E-state index in [4.69, 9.17) is 0 Å². The number of rotatable bonds is 5. The normalized spacial score (nSPS) is 11.6. The summed E-state index contributed by atoms with van der Waals surface area (Å²) >= 11 is 0. The summed E-state index contributed by atoms with van der Waals surface area (Å²) in [6, 6.07) is 13.1. The van der Waals surface area contributed by atoms with Crippen molar-refractivity contribution >= 4 is 0 Å². The Kier molecular flexibility index (Phi) is 5.02. The van der Waals surface area contributed by atoms with E-state index in [9.17, 15) is 13.2 Å². The zero-order valence-electron chi connectivity index (χ0n) is 11.9. The highest BCUT2D eigenvalue weighted by atomic mass is 19.4. The van der Waals surface area contributed by atoms with Crippen molar-refractivity contribution in [3.63, 3.8) is 0 Å². The molecular weight excluding hydrogens is 275 g/mol. The molecule has 0 radical (unpaired) electrons. The van der Waals surface area contributed by atoms with Crippen LogP contribution in [0.15, 0.2) is 48.5 Å². The van der Waals surface area contributed by atoms with Crippen LogP contribution in [0.5, 0.6) is 0 Å². The lowest BCUT2D eigenvalue weighted by molar-refractivity contribution is -0.137. The number of hydrogen-bond acceptors (Lipinski definition) is 1. The van der Waals surface area contributed by atoms with E-state index in [1.165, 1.54) is 12.1 Å². The lowest BCUT2D eigenvalue weighted by Crippen LogP contribution is -2.13. The second-order valence-electron chi connectivity index (χ2n) is 4.95. The molecule has 1 nitrogen and oxygen atoms in total. The van der Waals surface area contributed by atoms with Crippen LogP contribution in [0.4, 0.5) is 13.2 Å². The third kappa shape index (κ3) is 4.33. The van der Waals surface area contributed by atoms with Gasteiger partial charge in [-0.2, -0.15) is 13.2 Å². The summed E-state index contributed by atoms with van der Waals surface area (Å²) in [6.45, 7) is 3.82. The molecule has 0 unspecified atom stereocenters. The molecule has 0 spiro atoms. The van der Waals surface area contributed by atoms with Crippen molar-refractivity contribution in [3.05, 3.63) is 59.7 Å². The van der Waals surface area contributed by atoms with Crippen LogP contribution in [0, 0.1) is 0 Å². The average Bonchev–Trinajstić information content (AvgIpc) is 2.47. The zero-order chi connectivity index (χ0) is 15.3. The fraction of sp³-hybridized carbons (Fsp3) is 0.294. The van der Waals surface area contributed by atoms with E-state index in [2.05, 4.69) is 12.2 Å². The summed E-state index contributed by atoms with van der Waals surface area (Å²) in [6.07, 6.45) is -3.22. The van der Waals surface area contributed by atoms with Crippen LogP contribution in [-0.2, 0) is 12.7 Å². The van der Waals surface area contributed by atoms with Crippen molar-refractivity contribution in [3.8, 4) is 11.1 Å². The molecular formula is C17H18F3N. The third-order valence-electron chi connectivity index (χ3n) is 3.23. The average molecular weight is 293 g/mol. The van der Waals surface area contributed by atoms with Crippen molar-refractivity contribution in [1.29, 1.82) is 0 Å². The topological polar surface area (TPSA) is 12.0 Å². The van der Waals surface area contributed by atoms with E-state index in [-0.39, 0.29) is 0 Å². The molecule has 0 atom stereocenters. The molecule has 0 heterocycles. The van der Waals surface area contributed by atoms with Crippen LogP contribution in [0.3, 0.4) is 0 Å². The molecule has 2 aromatic rings. The van der Waals surface area contributed by atoms with Gasteiger partial charge in [0.05, 0.1) is 5.56 Å². The first-order chi connectivity index (χ1) is 10.0. The fourth-order valence-corrected chi connectivity index (χ4v) is 2.12. The van der Waals surface area contributed by atoms with Gasteiger partial charge in [0, 0.05) is 6.54 Å². The molecule has 0 aliphatic rings. The van der Waals surface area contributed by atoms with Gasteiger partial charge in [-0.15, -0.1) is 0 Å². The van der Waals surface area contributed by atoms with Gasteiger partial charge in [-0.1, -0.05) is 37.3 Å². The maximum absolute atomic E-state index is 12.6. The fourth-order valence-electron chi connectivity index (χ4n) is 2.12. The largest absolute Gasteiger partial charge is 0.416 e. The summed E-state index contributed by atoms with van der Waals surface area (Å²) in [4.78, 5) is 0. The van der Waals surface area contributed by atoms with E-state index in [1.54, 1.807) is 0 Å². The molecule has 4 heteroatoms. The van der Waals surface area contributed by atoms with Crippen LogP contribution in [-0.4, -0.2) is 6.54 Å².